The van der Waals surface area contributed by atoms with E-state index < -0.39 is 18.0 Å². The lowest BCUT2D eigenvalue weighted by Gasteiger charge is -2.34. The van der Waals surface area contributed by atoms with Gasteiger partial charge in [-0.25, -0.2) is 9.59 Å². The number of ether oxygens (including phenoxy) is 1. The van der Waals surface area contributed by atoms with Crippen LogP contribution in [0.4, 0.5) is 4.79 Å². The van der Waals surface area contributed by atoms with Gasteiger partial charge in [0.25, 0.3) is 0 Å². The van der Waals surface area contributed by atoms with Crippen molar-refractivity contribution in [2.75, 3.05) is 13.2 Å². The van der Waals surface area contributed by atoms with E-state index in [-0.39, 0.29) is 5.54 Å². The number of carboxylic acids is 1. The number of hydrogen-bond donors (Lipinski definition) is 3. The van der Waals surface area contributed by atoms with Crippen molar-refractivity contribution in [3.8, 4) is 0 Å². The molecule has 1 aliphatic rings. The topological polar surface area (TPSA) is 87.7 Å². The summed E-state index contributed by atoms with van der Waals surface area (Å²) in [6.45, 7) is 3.13. The number of benzene rings is 1. The second-order valence-electron chi connectivity index (χ2n) is 5.45. The molecule has 0 radical (unpaired) electrons. The number of carboxylic acid groups (broad SMARTS) is 1. The smallest absolute Gasteiger partial charge is 0.330 e. The van der Waals surface area contributed by atoms with Crippen molar-refractivity contribution in [3.63, 3.8) is 0 Å². The molecule has 1 aromatic rings. The SMILES string of the molecule is CC1(NC(=O)NC(C(=O)O)c2ccccc2)CCOCC1. The average Bonchev–Trinajstić information content (AvgIpc) is 2.45. The van der Waals surface area contributed by atoms with Crippen LogP contribution in [0.25, 0.3) is 0 Å². The molecule has 114 valence electrons. The Kier molecular flexibility index (Phi) is 4.80. The summed E-state index contributed by atoms with van der Waals surface area (Å²) in [7, 11) is 0. The summed E-state index contributed by atoms with van der Waals surface area (Å²) >= 11 is 0. The third kappa shape index (κ3) is 4.19. The third-order valence-corrected chi connectivity index (χ3v) is 3.67. The van der Waals surface area contributed by atoms with E-state index in [0.29, 0.717) is 31.6 Å². The van der Waals surface area contributed by atoms with Gasteiger partial charge in [0.05, 0.1) is 0 Å². The Hall–Kier alpha value is -2.08. The molecular formula is C15H20N2O4. The van der Waals surface area contributed by atoms with Crippen molar-refractivity contribution < 1.29 is 19.4 Å². The normalized spacial score (nSPS) is 18.5. The minimum Gasteiger partial charge on any atom is -0.479 e. The van der Waals surface area contributed by atoms with E-state index in [4.69, 9.17) is 4.74 Å². The first-order chi connectivity index (χ1) is 10.0. The number of nitrogens with one attached hydrogen (secondary N) is 2. The Labute approximate surface area is 123 Å². The van der Waals surface area contributed by atoms with Crippen LogP contribution in [0.15, 0.2) is 30.3 Å². The summed E-state index contributed by atoms with van der Waals surface area (Å²) < 4.78 is 5.27. The number of carbonyl (C=O) groups excluding carboxylic acids is 1. The lowest BCUT2D eigenvalue weighted by Crippen LogP contribution is -2.54. The van der Waals surface area contributed by atoms with Gasteiger partial charge in [-0.3, -0.25) is 0 Å². The number of amides is 2. The molecule has 6 nitrogen and oxygen atoms in total. The van der Waals surface area contributed by atoms with Crippen LogP contribution in [-0.4, -0.2) is 35.9 Å². The zero-order valence-electron chi connectivity index (χ0n) is 12.0. The van der Waals surface area contributed by atoms with Crippen molar-refractivity contribution in [1.29, 1.82) is 0 Å². The molecule has 3 N–H and O–H groups in total. The molecule has 0 saturated carbocycles. The van der Waals surface area contributed by atoms with E-state index in [9.17, 15) is 14.7 Å². The molecule has 0 bridgehead atoms. The summed E-state index contributed by atoms with van der Waals surface area (Å²) in [5.74, 6) is -1.09. The van der Waals surface area contributed by atoms with E-state index in [0.717, 1.165) is 0 Å². The van der Waals surface area contributed by atoms with E-state index >= 15 is 0 Å². The van der Waals surface area contributed by atoms with Crippen molar-refractivity contribution >= 4 is 12.0 Å². The Morgan fingerprint density at radius 2 is 1.86 bits per heavy atom. The zero-order chi connectivity index (χ0) is 15.3. The molecule has 1 fully saturated rings. The molecule has 6 heteroatoms. The predicted octanol–water partition coefficient (Wildman–Crippen LogP) is 1.68. The molecule has 1 aromatic carbocycles. The fourth-order valence-corrected chi connectivity index (χ4v) is 2.32. The number of hydrogen-bond acceptors (Lipinski definition) is 3. The molecule has 0 spiro atoms. The van der Waals surface area contributed by atoms with Crippen LogP contribution in [0, 0.1) is 0 Å². The maximum Gasteiger partial charge on any atom is 0.330 e. The summed E-state index contributed by atoms with van der Waals surface area (Å²) in [5.41, 5.74) is 0.180. The van der Waals surface area contributed by atoms with Gasteiger partial charge in [0.15, 0.2) is 6.04 Å². The lowest BCUT2D eigenvalue weighted by atomic mass is 9.93. The Balaban J connectivity index is 2.00. The maximum atomic E-state index is 12.1. The largest absolute Gasteiger partial charge is 0.479 e. The van der Waals surface area contributed by atoms with Gasteiger partial charge in [0, 0.05) is 18.8 Å². The molecular weight excluding hydrogens is 272 g/mol. The Morgan fingerprint density at radius 1 is 1.24 bits per heavy atom. The lowest BCUT2D eigenvalue weighted by molar-refractivity contribution is -0.139. The van der Waals surface area contributed by atoms with E-state index in [2.05, 4.69) is 10.6 Å². The number of carbonyl (C=O) groups is 2. The molecule has 1 atom stereocenters. The second kappa shape index (κ2) is 6.58. The molecule has 2 rings (SSSR count). The molecule has 0 aromatic heterocycles. The summed E-state index contributed by atoms with van der Waals surface area (Å²) in [6, 6.07) is 7.09. The van der Waals surface area contributed by atoms with Crippen LogP contribution in [-0.2, 0) is 9.53 Å². The molecule has 0 aliphatic carbocycles. The third-order valence-electron chi connectivity index (χ3n) is 3.67. The van der Waals surface area contributed by atoms with Crippen LogP contribution in [0.1, 0.15) is 31.4 Å². The van der Waals surface area contributed by atoms with E-state index in [1.165, 1.54) is 0 Å². The van der Waals surface area contributed by atoms with Gasteiger partial charge in [-0.05, 0) is 25.3 Å². The number of rotatable bonds is 4. The first kappa shape index (κ1) is 15.3. The van der Waals surface area contributed by atoms with E-state index in [1.54, 1.807) is 30.3 Å². The molecule has 1 saturated heterocycles. The van der Waals surface area contributed by atoms with Crippen molar-refractivity contribution in [3.05, 3.63) is 35.9 Å². The molecule has 1 heterocycles. The minimum atomic E-state index is -1.09. The van der Waals surface area contributed by atoms with Gasteiger partial charge >= 0.3 is 12.0 Å². The standard InChI is InChI=1S/C15H20N2O4/c1-15(7-9-21-10-8-15)17-14(20)16-12(13(18)19)11-5-3-2-4-6-11/h2-6,12H,7-10H2,1H3,(H,18,19)(H2,16,17,20). The van der Waals surface area contributed by atoms with Gasteiger partial charge in [-0.2, -0.15) is 0 Å². The summed E-state index contributed by atoms with van der Waals surface area (Å²) in [6.07, 6.45) is 1.42. The zero-order valence-corrected chi connectivity index (χ0v) is 12.0. The van der Waals surface area contributed by atoms with Gasteiger partial charge in [0.2, 0.25) is 0 Å². The van der Waals surface area contributed by atoms with Crippen LogP contribution >= 0.6 is 0 Å². The fraction of sp³-hybridized carbons (Fsp3) is 0.467. The van der Waals surface area contributed by atoms with Gasteiger partial charge in [-0.1, -0.05) is 30.3 Å². The quantitative estimate of drug-likeness (QED) is 0.788. The maximum absolute atomic E-state index is 12.1. The number of urea groups is 1. The fourth-order valence-electron chi connectivity index (χ4n) is 2.32. The average molecular weight is 292 g/mol. The molecule has 2 amide bonds. The number of aliphatic carboxylic acids is 1. The minimum absolute atomic E-state index is 0.359. The van der Waals surface area contributed by atoms with Crippen LogP contribution < -0.4 is 10.6 Å². The highest BCUT2D eigenvalue weighted by Crippen LogP contribution is 2.20. The predicted molar refractivity (Wildman–Crippen MR) is 76.9 cm³/mol. The van der Waals surface area contributed by atoms with Crippen LogP contribution in [0.3, 0.4) is 0 Å². The van der Waals surface area contributed by atoms with Crippen molar-refractivity contribution in [2.24, 2.45) is 0 Å². The Bertz CT molecular complexity index is 498. The second-order valence-corrected chi connectivity index (χ2v) is 5.45. The van der Waals surface area contributed by atoms with Crippen molar-refractivity contribution in [2.45, 2.75) is 31.3 Å². The van der Waals surface area contributed by atoms with Crippen LogP contribution in [0.5, 0.6) is 0 Å². The Morgan fingerprint density at radius 3 is 2.43 bits per heavy atom. The highest BCUT2D eigenvalue weighted by Gasteiger charge is 2.30. The molecule has 21 heavy (non-hydrogen) atoms. The first-order valence-electron chi connectivity index (χ1n) is 6.94. The van der Waals surface area contributed by atoms with Gasteiger partial charge in [0.1, 0.15) is 0 Å². The summed E-state index contributed by atoms with van der Waals surface area (Å²) in [4.78, 5) is 23.4. The molecule has 1 unspecified atom stereocenters. The first-order valence-corrected chi connectivity index (χ1v) is 6.94. The molecule has 1 aliphatic heterocycles. The van der Waals surface area contributed by atoms with Gasteiger partial charge in [-0.15, -0.1) is 0 Å². The monoisotopic (exact) mass is 292 g/mol. The van der Waals surface area contributed by atoms with Crippen molar-refractivity contribution in [1.82, 2.24) is 10.6 Å². The van der Waals surface area contributed by atoms with E-state index in [1.807, 2.05) is 6.92 Å². The summed E-state index contributed by atoms with van der Waals surface area (Å²) in [5, 5.41) is 14.7. The highest BCUT2D eigenvalue weighted by molar-refractivity contribution is 5.84. The highest BCUT2D eigenvalue weighted by atomic mass is 16.5. The van der Waals surface area contributed by atoms with Gasteiger partial charge < -0.3 is 20.5 Å². The van der Waals surface area contributed by atoms with Crippen LogP contribution in [0.2, 0.25) is 0 Å².